The molecule has 1 fully saturated rings. The number of hydrogen-bond donors (Lipinski definition) is 2. The minimum Gasteiger partial charge on any atom is -0.443 e. The van der Waals surface area contributed by atoms with Gasteiger partial charge in [-0.3, -0.25) is 4.99 Å². The fourth-order valence-electron chi connectivity index (χ4n) is 4.70. The number of carbonyl (C=O) groups excluding carboxylic acids is 2. The molecule has 1 unspecified atom stereocenters. The van der Waals surface area contributed by atoms with E-state index in [0.29, 0.717) is 35.8 Å². The van der Waals surface area contributed by atoms with Gasteiger partial charge in [-0.25, -0.2) is 20.0 Å². The van der Waals surface area contributed by atoms with Crippen LogP contribution in [-0.4, -0.2) is 57.7 Å². The summed E-state index contributed by atoms with van der Waals surface area (Å²) in [6.07, 6.45) is 2.48. The van der Waals surface area contributed by atoms with Crippen molar-refractivity contribution in [3.8, 4) is 0 Å². The third-order valence-electron chi connectivity index (χ3n) is 6.43. The summed E-state index contributed by atoms with van der Waals surface area (Å²) < 4.78 is 18.9. The van der Waals surface area contributed by atoms with E-state index in [9.17, 15) is 9.59 Å². The van der Waals surface area contributed by atoms with Gasteiger partial charge in [0.15, 0.2) is 5.82 Å². The number of nitrogens with zero attached hydrogens (tertiary/aromatic N) is 4. The van der Waals surface area contributed by atoms with Crippen molar-refractivity contribution in [3.63, 3.8) is 0 Å². The number of hydrogen-bond acceptors (Lipinski definition) is 8. The number of fused-ring (bicyclic) bond motifs is 1. The predicted octanol–water partition coefficient (Wildman–Crippen LogP) is 7.27. The number of carbonyl (C=O) groups is 2. The Labute approximate surface area is 263 Å². The van der Waals surface area contributed by atoms with Gasteiger partial charge in [0.05, 0.1) is 22.4 Å². The van der Waals surface area contributed by atoms with E-state index in [4.69, 9.17) is 41.2 Å². The van der Waals surface area contributed by atoms with Crippen LogP contribution >= 0.6 is 11.6 Å². The fraction of sp³-hybridized carbons (Fsp3) is 0.469. The van der Waals surface area contributed by atoms with Crippen molar-refractivity contribution in [3.05, 3.63) is 58.7 Å². The molecule has 0 saturated carbocycles. The number of benzene rings is 1. The number of rotatable bonds is 7. The largest absolute Gasteiger partial charge is 0.443 e. The second-order valence-corrected chi connectivity index (χ2v) is 13.0. The lowest BCUT2D eigenvalue weighted by Crippen LogP contribution is -2.50. The van der Waals surface area contributed by atoms with Crippen LogP contribution in [0.25, 0.3) is 11.0 Å². The van der Waals surface area contributed by atoms with Crippen molar-refractivity contribution >= 4 is 52.6 Å². The first-order chi connectivity index (χ1) is 20.7. The standard InChI is InChI=1S/C32H41ClN6O5/c1-31(2,3)43-29(40)37-39(30(41)44-32(4,5)6)27-14-13-25-24(35-27)19-26(38(25)20-21-10-9-11-22(33)18-21)23(15-16-34)36-28-12-7-8-17-42-28/h9-11,13-14,16,18-19,28,34H,7-8,12,15,17,20H2,1-6H3,(H,37,40). The molecule has 44 heavy (non-hydrogen) atoms. The quantitative estimate of drug-likeness (QED) is 0.210. The lowest BCUT2D eigenvalue weighted by molar-refractivity contribution is 0.0223. The average molecular weight is 625 g/mol. The van der Waals surface area contributed by atoms with Gasteiger partial charge in [0.1, 0.15) is 17.4 Å². The maximum absolute atomic E-state index is 13.3. The van der Waals surface area contributed by atoms with Gasteiger partial charge in [0.25, 0.3) is 0 Å². The zero-order chi connectivity index (χ0) is 32.1. The van der Waals surface area contributed by atoms with E-state index >= 15 is 0 Å². The topological polar surface area (TPSA) is 131 Å². The van der Waals surface area contributed by atoms with Crippen LogP contribution in [0.5, 0.6) is 0 Å². The van der Waals surface area contributed by atoms with Crippen LogP contribution in [-0.2, 0) is 20.8 Å². The van der Waals surface area contributed by atoms with Gasteiger partial charge in [0.2, 0.25) is 0 Å². The van der Waals surface area contributed by atoms with E-state index in [1.165, 1.54) is 6.21 Å². The Kier molecular flexibility index (Phi) is 10.3. The Morgan fingerprint density at radius 2 is 1.89 bits per heavy atom. The molecule has 3 aromatic rings. The number of ether oxygens (including phenoxy) is 3. The van der Waals surface area contributed by atoms with Crippen molar-refractivity contribution in [2.45, 2.75) is 91.2 Å². The van der Waals surface area contributed by atoms with Crippen molar-refractivity contribution < 1.29 is 23.8 Å². The molecular weight excluding hydrogens is 584 g/mol. The Hall–Kier alpha value is -3.96. The number of amides is 2. The summed E-state index contributed by atoms with van der Waals surface area (Å²) >= 11 is 6.31. The zero-order valence-electron chi connectivity index (χ0n) is 26.1. The molecule has 1 aliphatic rings. The molecule has 0 radical (unpaired) electrons. The first-order valence-corrected chi connectivity index (χ1v) is 15.1. The zero-order valence-corrected chi connectivity index (χ0v) is 26.9. The summed E-state index contributed by atoms with van der Waals surface area (Å²) in [7, 11) is 0. The van der Waals surface area contributed by atoms with Gasteiger partial charge in [-0.05, 0) is 96.7 Å². The molecule has 2 N–H and O–H groups in total. The van der Waals surface area contributed by atoms with Gasteiger partial charge in [-0.2, -0.15) is 5.01 Å². The lowest BCUT2D eigenvalue weighted by atomic mass is 10.1. The highest BCUT2D eigenvalue weighted by molar-refractivity contribution is 6.30. The highest BCUT2D eigenvalue weighted by Gasteiger charge is 2.29. The molecular formula is C32H41ClN6O5. The molecule has 11 nitrogen and oxygen atoms in total. The number of nitrogens with one attached hydrogen (secondary N) is 2. The van der Waals surface area contributed by atoms with Gasteiger partial charge >= 0.3 is 12.2 Å². The third-order valence-corrected chi connectivity index (χ3v) is 6.66. The van der Waals surface area contributed by atoms with Crippen LogP contribution in [0.3, 0.4) is 0 Å². The van der Waals surface area contributed by atoms with Crippen molar-refractivity contribution in [1.29, 1.82) is 5.41 Å². The molecule has 236 valence electrons. The summed E-state index contributed by atoms with van der Waals surface area (Å²) in [5, 5.41) is 9.45. The summed E-state index contributed by atoms with van der Waals surface area (Å²) in [5.74, 6) is 0.130. The fourth-order valence-corrected chi connectivity index (χ4v) is 4.91. The number of anilines is 1. The van der Waals surface area contributed by atoms with Crippen LogP contribution < -0.4 is 10.4 Å². The summed E-state index contributed by atoms with van der Waals surface area (Å²) in [5.41, 5.74) is 4.57. The smallest absolute Gasteiger partial charge is 0.435 e. The normalized spacial score (nSPS) is 16.0. The molecule has 1 atom stereocenters. The van der Waals surface area contributed by atoms with E-state index in [1.54, 1.807) is 47.6 Å². The number of aliphatic imine (C=N–C) groups is 1. The summed E-state index contributed by atoms with van der Waals surface area (Å²) in [6, 6.07) is 12.9. The van der Waals surface area contributed by atoms with E-state index in [1.807, 2.05) is 36.4 Å². The predicted molar refractivity (Wildman–Crippen MR) is 172 cm³/mol. The molecule has 1 aromatic carbocycles. The minimum atomic E-state index is -0.836. The lowest BCUT2D eigenvalue weighted by Gasteiger charge is -2.28. The molecule has 4 rings (SSSR count). The maximum Gasteiger partial charge on any atom is 0.435 e. The number of hydrazine groups is 1. The van der Waals surface area contributed by atoms with Gasteiger partial charge in [-0.1, -0.05) is 23.7 Å². The molecule has 2 amide bonds. The molecule has 0 bridgehead atoms. The minimum absolute atomic E-state index is 0.130. The Bertz CT molecular complexity index is 1530. The second kappa shape index (κ2) is 13.8. The first-order valence-electron chi connectivity index (χ1n) is 14.7. The van der Waals surface area contributed by atoms with Gasteiger partial charge in [-0.15, -0.1) is 0 Å². The Morgan fingerprint density at radius 1 is 1.14 bits per heavy atom. The van der Waals surface area contributed by atoms with E-state index < -0.39 is 23.4 Å². The summed E-state index contributed by atoms with van der Waals surface area (Å²) in [6.45, 7) is 11.5. The number of pyridine rings is 1. The van der Waals surface area contributed by atoms with Crippen molar-refractivity contribution in [2.24, 2.45) is 4.99 Å². The van der Waals surface area contributed by atoms with Crippen LogP contribution in [0.1, 0.15) is 78.5 Å². The van der Waals surface area contributed by atoms with Gasteiger partial charge < -0.3 is 24.2 Å². The highest BCUT2D eigenvalue weighted by atomic mass is 35.5. The third kappa shape index (κ3) is 9.03. The second-order valence-electron chi connectivity index (χ2n) is 12.6. The first kappa shape index (κ1) is 32.9. The highest BCUT2D eigenvalue weighted by Crippen LogP contribution is 2.27. The van der Waals surface area contributed by atoms with E-state index in [0.717, 1.165) is 41.0 Å². The van der Waals surface area contributed by atoms with Crippen LogP contribution in [0.2, 0.25) is 5.02 Å². The summed E-state index contributed by atoms with van der Waals surface area (Å²) in [4.78, 5) is 35.7. The number of aromatic nitrogens is 2. The van der Waals surface area contributed by atoms with Crippen molar-refractivity contribution in [2.75, 3.05) is 11.6 Å². The van der Waals surface area contributed by atoms with Crippen LogP contribution in [0.15, 0.2) is 47.5 Å². The van der Waals surface area contributed by atoms with E-state index in [-0.39, 0.29) is 12.0 Å². The number of halogens is 1. The monoisotopic (exact) mass is 624 g/mol. The van der Waals surface area contributed by atoms with Crippen LogP contribution in [0.4, 0.5) is 15.4 Å². The maximum atomic E-state index is 13.3. The molecule has 12 heteroatoms. The average Bonchev–Trinajstić information content (AvgIpc) is 3.27. The molecule has 2 aromatic heterocycles. The molecule has 1 aliphatic heterocycles. The molecule has 0 spiro atoms. The Balaban J connectivity index is 1.82. The molecule has 1 saturated heterocycles. The van der Waals surface area contributed by atoms with Gasteiger partial charge in [0, 0.05) is 30.8 Å². The molecule has 0 aliphatic carbocycles. The molecule has 3 heterocycles. The van der Waals surface area contributed by atoms with E-state index in [2.05, 4.69) is 9.99 Å². The SMILES string of the molecule is CC(C)(C)OC(=O)NN(C(=O)OC(C)(C)C)c1ccc2c(cc(C(CC=N)=NC3CCCCO3)n2Cc2cccc(Cl)c2)n1. The van der Waals surface area contributed by atoms with Crippen LogP contribution in [0, 0.1) is 5.41 Å². The Morgan fingerprint density at radius 3 is 2.52 bits per heavy atom. The van der Waals surface area contributed by atoms with Crippen molar-refractivity contribution in [1.82, 2.24) is 15.0 Å².